The molecule has 1 aliphatic heterocycles. The van der Waals surface area contributed by atoms with Crippen molar-refractivity contribution < 1.29 is 19.1 Å². The van der Waals surface area contributed by atoms with Gasteiger partial charge in [0.2, 0.25) is 5.89 Å². The van der Waals surface area contributed by atoms with Crippen LogP contribution in [0.4, 0.5) is 0 Å². The zero-order chi connectivity index (χ0) is 22.5. The Morgan fingerprint density at radius 1 is 1.19 bits per heavy atom. The summed E-state index contributed by atoms with van der Waals surface area (Å²) in [6, 6.07) is 15.6. The summed E-state index contributed by atoms with van der Waals surface area (Å²) in [5, 5.41) is 9.50. The second-order valence-corrected chi connectivity index (χ2v) is 8.40. The van der Waals surface area contributed by atoms with Gasteiger partial charge in [0.05, 0.1) is 12.3 Å². The molecule has 1 N–H and O–H groups in total. The van der Waals surface area contributed by atoms with E-state index in [0.717, 1.165) is 53.3 Å². The topological polar surface area (TPSA) is 75.8 Å². The van der Waals surface area contributed by atoms with E-state index in [-0.39, 0.29) is 0 Å². The van der Waals surface area contributed by atoms with Crippen molar-refractivity contribution in [1.29, 1.82) is 0 Å². The van der Waals surface area contributed by atoms with Crippen LogP contribution < -0.4 is 4.74 Å². The minimum absolute atomic E-state index is 0.397. The highest BCUT2D eigenvalue weighted by Gasteiger charge is 2.28. The lowest BCUT2D eigenvalue weighted by Gasteiger charge is -2.32. The van der Waals surface area contributed by atoms with Crippen LogP contribution in [0.25, 0.3) is 11.5 Å². The molecule has 4 rings (SSSR count). The van der Waals surface area contributed by atoms with Crippen molar-refractivity contribution in [3.05, 3.63) is 71.1 Å². The monoisotopic (exact) mass is 434 g/mol. The van der Waals surface area contributed by atoms with Gasteiger partial charge in [0, 0.05) is 18.5 Å². The molecule has 1 fully saturated rings. The maximum absolute atomic E-state index is 11.6. The molecule has 1 aromatic heterocycles. The lowest BCUT2D eigenvalue weighted by molar-refractivity contribution is -0.144. The summed E-state index contributed by atoms with van der Waals surface area (Å²) in [6.45, 7) is 5.91. The molecule has 32 heavy (non-hydrogen) atoms. The van der Waals surface area contributed by atoms with Gasteiger partial charge in [0.1, 0.15) is 17.6 Å². The first-order chi connectivity index (χ1) is 15.5. The maximum atomic E-state index is 11.6. The van der Waals surface area contributed by atoms with Crippen LogP contribution in [-0.4, -0.2) is 40.2 Å². The third-order valence-corrected chi connectivity index (χ3v) is 6.06. The largest absolute Gasteiger partial charge is 0.493 e. The van der Waals surface area contributed by atoms with Crippen molar-refractivity contribution in [2.45, 2.75) is 52.1 Å². The van der Waals surface area contributed by atoms with Gasteiger partial charge < -0.3 is 14.3 Å². The van der Waals surface area contributed by atoms with E-state index < -0.39 is 12.0 Å². The van der Waals surface area contributed by atoms with Crippen LogP contribution >= 0.6 is 0 Å². The Morgan fingerprint density at radius 2 is 2.03 bits per heavy atom. The van der Waals surface area contributed by atoms with Gasteiger partial charge in [-0.2, -0.15) is 0 Å². The fraction of sp³-hybridized carbons (Fsp3) is 0.385. The van der Waals surface area contributed by atoms with Gasteiger partial charge in [-0.05, 0) is 62.6 Å². The van der Waals surface area contributed by atoms with Gasteiger partial charge >= 0.3 is 5.97 Å². The molecule has 6 heteroatoms. The molecule has 6 nitrogen and oxygen atoms in total. The molecule has 0 unspecified atom stereocenters. The van der Waals surface area contributed by atoms with E-state index in [1.165, 1.54) is 0 Å². The van der Waals surface area contributed by atoms with E-state index in [9.17, 15) is 9.90 Å². The minimum atomic E-state index is -0.731. The first-order valence-electron chi connectivity index (χ1n) is 11.2. The number of piperidine rings is 1. The molecule has 1 aliphatic rings. The predicted molar refractivity (Wildman–Crippen MR) is 123 cm³/mol. The van der Waals surface area contributed by atoms with Crippen LogP contribution in [0.15, 0.2) is 52.9 Å². The summed E-state index contributed by atoms with van der Waals surface area (Å²) >= 11 is 0. The van der Waals surface area contributed by atoms with Crippen LogP contribution in [0, 0.1) is 13.8 Å². The van der Waals surface area contributed by atoms with Crippen LogP contribution in [0.2, 0.25) is 0 Å². The summed E-state index contributed by atoms with van der Waals surface area (Å²) in [6.07, 6.45) is 3.39. The molecule has 2 heterocycles. The molecule has 0 aliphatic carbocycles. The number of aliphatic carboxylic acids is 1. The van der Waals surface area contributed by atoms with Crippen LogP contribution in [0.1, 0.15) is 41.8 Å². The number of ether oxygens (including phenoxy) is 1. The Hall–Kier alpha value is -3.12. The van der Waals surface area contributed by atoms with Crippen molar-refractivity contribution >= 4 is 5.97 Å². The van der Waals surface area contributed by atoms with E-state index in [1.807, 2.05) is 62.4 Å². The van der Waals surface area contributed by atoms with E-state index in [0.29, 0.717) is 31.9 Å². The van der Waals surface area contributed by atoms with Crippen molar-refractivity contribution in [2.24, 2.45) is 0 Å². The van der Waals surface area contributed by atoms with Gasteiger partial charge in [-0.25, -0.2) is 4.98 Å². The third-order valence-electron chi connectivity index (χ3n) is 6.06. The van der Waals surface area contributed by atoms with E-state index in [1.54, 1.807) is 0 Å². The number of benzene rings is 2. The summed E-state index contributed by atoms with van der Waals surface area (Å²) < 4.78 is 11.9. The number of hydrogen-bond acceptors (Lipinski definition) is 5. The Morgan fingerprint density at radius 3 is 2.84 bits per heavy atom. The summed E-state index contributed by atoms with van der Waals surface area (Å²) in [4.78, 5) is 18.3. The Bertz CT molecular complexity index is 1080. The molecular formula is C26H30N2O4. The average Bonchev–Trinajstić information content (AvgIpc) is 3.15. The fourth-order valence-corrected chi connectivity index (χ4v) is 4.28. The van der Waals surface area contributed by atoms with Crippen LogP contribution in [-0.2, 0) is 17.8 Å². The summed E-state index contributed by atoms with van der Waals surface area (Å²) in [5.41, 5.74) is 4.10. The van der Waals surface area contributed by atoms with Gasteiger partial charge in [-0.3, -0.25) is 9.69 Å². The number of nitrogens with zero attached hydrogens (tertiary/aromatic N) is 2. The van der Waals surface area contributed by atoms with Crippen molar-refractivity contribution in [3.63, 3.8) is 0 Å². The standard InChI is InChI=1S/C26H30N2O4/c1-18-8-3-4-11-22(18)25-27-23(19(2)32-25)13-15-31-21-10-7-9-20(16-21)17-28-14-6-5-12-24(28)26(29)30/h3-4,7-11,16,24H,5-6,12-15,17H2,1-2H3,(H,29,30)/t24-/m1/s1. The summed E-state index contributed by atoms with van der Waals surface area (Å²) in [5.74, 6) is 1.51. The number of carboxylic acid groups (broad SMARTS) is 1. The van der Waals surface area contributed by atoms with Crippen molar-refractivity contribution in [2.75, 3.05) is 13.2 Å². The van der Waals surface area contributed by atoms with Gasteiger partial charge in [-0.1, -0.05) is 36.8 Å². The molecule has 2 aromatic carbocycles. The first-order valence-corrected chi connectivity index (χ1v) is 11.2. The number of aryl methyl sites for hydroxylation is 2. The van der Waals surface area contributed by atoms with E-state index >= 15 is 0 Å². The predicted octanol–water partition coefficient (Wildman–Crippen LogP) is 5.02. The molecule has 0 bridgehead atoms. The van der Waals surface area contributed by atoms with E-state index in [4.69, 9.17) is 9.15 Å². The summed E-state index contributed by atoms with van der Waals surface area (Å²) in [7, 11) is 0. The zero-order valence-electron chi connectivity index (χ0n) is 18.7. The number of likely N-dealkylation sites (tertiary alicyclic amines) is 1. The van der Waals surface area contributed by atoms with Gasteiger partial charge in [0.25, 0.3) is 0 Å². The lowest BCUT2D eigenvalue weighted by Crippen LogP contribution is -2.43. The second-order valence-electron chi connectivity index (χ2n) is 8.40. The lowest BCUT2D eigenvalue weighted by atomic mass is 10.0. The number of hydrogen-bond donors (Lipinski definition) is 1. The van der Waals surface area contributed by atoms with Crippen LogP contribution in [0.5, 0.6) is 5.75 Å². The van der Waals surface area contributed by atoms with Gasteiger partial charge in [-0.15, -0.1) is 0 Å². The maximum Gasteiger partial charge on any atom is 0.320 e. The normalized spacial score (nSPS) is 16.8. The molecule has 0 amide bonds. The van der Waals surface area contributed by atoms with Crippen LogP contribution in [0.3, 0.4) is 0 Å². The number of aromatic nitrogens is 1. The molecule has 0 saturated carbocycles. The van der Waals surface area contributed by atoms with Crippen molar-refractivity contribution in [1.82, 2.24) is 9.88 Å². The molecule has 0 radical (unpaired) electrons. The Balaban J connectivity index is 1.36. The third kappa shape index (κ3) is 5.19. The number of carbonyl (C=O) groups is 1. The SMILES string of the molecule is Cc1ccccc1-c1nc(CCOc2cccc(CN3CCCC[C@@H]3C(=O)O)c2)c(C)o1. The molecule has 168 valence electrons. The minimum Gasteiger partial charge on any atom is -0.493 e. The first kappa shape index (κ1) is 22.1. The van der Waals surface area contributed by atoms with Gasteiger partial charge in [0.15, 0.2) is 0 Å². The molecule has 1 saturated heterocycles. The number of carboxylic acids is 1. The second kappa shape index (κ2) is 10.0. The quantitative estimate of drug-likeness (QED) is 0.537. The number of oxazole rings is 1. The van der Waals surface area contributed by atoms with E-state index in [2.05, 4.69) is 9.88 Å². The fourth-order valence-electron chi connectivity index (χ4n) is 4.28. The molecule has 1 atom stereocenters. The highest BCUT2D eigenvalue weighted by atomic mass is 16.5. The Kier molecular flexibility index (Phi) is 6.90. The number of rotatable bonds is 8. The highest BCUT2D eigenvalue weighted by molar-refractivity contribution is 5.73. The Labute approximate surface area is 188 Å². The molecule has 0 spiro atoms. The zero-order valence-corrected chi connectivity index (χ0v) is 18.7. The smallest absolute Gasteiger partial charge is 0.320 e. The molecular weight excluding hydrogens is 404 g/mol. The molecule has 3 aromatic rings. The average molecular weight is 435 g/mol. The highest BCUT2D eigenvalue weighted by Crippen LogP contribution is 2.25. The van der Waals surface area contributed by atoms with Crippen molar-refractivity contribution in [3.8, 4) is 17.2 Å².